The van der Waals surface area contributed by atoms with Gasteiger partial charge < -0.3 is 10.2 Å². The molecule has 1 aromatic rings. The van der Waals surface area contributed by atoms with Crippen LogP contribution in [0, 0.1) is 0 Å². The highest BCUT2D eigenvalue weighted by atomic mass is 15.2. The molecule has 0 saturated heterocycles. The highest BCUT2D eigenvalue weighted by molar-refractivity contribution is 5.45. The normalized spacial score (nSPS) is 12.7. The molecule has 1 atom stereocenters. The summed E-state index contributed by atoms with van der Waals surface area (Å²) in [5, 5.41) is 3.47. The van der Waals surface area contributed by atoms with E-state index in [2.05, 4.69) is 62.0 Å². The zero-order valence-electron chi connectivity index (χ0n) is 13.1. The molecule has 1 aromatic heterocycles. The molecule has 0 saturated carbocycles. The fourth-order valence-corrected chi connectivity index (χ4v) is 2.40. The molecule has 1 rings (SSSR count). The largest absolute Gasteiger partial charge is 0.368 e. The van der Waals surface area contributed by atoms with Gasteiger partial charge in [-0.25, -0.2) is 0 Å². The van der Waals surface area contributed by atoms with Crippen molar-refractivity contribution in [2.45, 2.75) is 59.5 Å². The van der Waals surface area contributed by atoms with Gasteiger partial charge in [-0.15, -0.1) is 0 Å². The van der Waals surface area contributed by atoms with Crippen LogP contribution < -0.4 is 10.2 Å². The van der Waals surface area contributed by atoms with Crippen LogP contribution in [-0.4, -0.2) is 24.1 Å². The maximum atomic E-state index is 4.65. The van der Waals surface area contributed by atoms with E-state index in [9.17, 15) is 0 Å². The Labute approximate surface area is 118 Å². The first kappa shape index (κ1) is 16.0. The van der Waals surface area contributed by atoms with Crippen molar-refractivity contribution in [2.24, 2.45) is 0 Å². The minimum atomic E-state index is 0.373. The number of hydrogen-bond donors (Lipinski definition) is 1. The molecule has 1 N–H and O–H groups in total. The van der Waals surface area contributed by atoms with Crippen LogP contribution in [0.3, 0.4) is 0 Å². The molecule has 3 heteroatoms. The monoisotopic (exact) mass is 263 g/mol. The Morgan fingerprint density at radius 3 is 2.37 bits per heavy atom. The van der Waals surface area contributed by atoms with E-state index >= 15 is 0 Å². The van der Waals surface area contributed by atoms with Crippen LogP contribution in [0.5, 0.6) is 0 Å². The lowest BCUT2D eigenvalue weighted by atomic mass is 10.1. The molecule has 0 aromatic carbocycles. The SMILES string of the molecule is CCCN(c1ccc(C(CC)NCC)nc1)C(C)C. The Morgan fingerprint density at radius 2 is 1.95 bits per heavy atom. The van der Waals surface area contributed by atoms with Gasteiger partial charge in [0.2, 0.25) is 0 Å². The zero-order valence-corrected chi connectivity index (χ0v) is 13.1. The number of aromatic nitrogens is 1. The van der Waals surface area contributed by atoms with Gasteiger partial charge in [-0.1, -0.05) is 20.8 Å². The summed E-state index contributed by atoms with van der Waals surface area (Å²) in [4.78, 5) is 7.06. The van der Waals surface area contributed by atoms with Gasteiger partial charge in [-0.3, -0.25) is 4.98 Å². The Kier molecular flexibility index (Phi) is 6.85. The third kappa shape index (κ3) is 4.50. The zero-order chi connectivity index (χ0) is 14.3. The topological polar surface area (TPSA) is 28.2 Å². The average molecular weight is 263 g/mol. The fraction of sp³-hybridized carbons (Fsp3) is 0.688. The summed E-state index contributed by atoms with van der Waals surface area (Å²) in [7, 11) is 0. The first-order chi connectivity index (χ1) is 9.13. The summed E-state index contributed by atoms with van der Waals surface area (Å²) in [5.41, 5.74) is 2.38. The maximum absolute atomic E-state index is 4.65. The van der Waals surface area contributed by atoms with Crippen LogP contribution in [0.1, 0.15) is 59.2 Å². The third-order valence-electron chi connectivity index (χ3n) is 3.41. The quantitative estimate of drug-likeness (QED) is 0.774. The first-order valence-corrected chi connectivity index (χ1v) is 7.59. The standard InChI is InChI=1S/C16H29N3/c1-6-11-19(13(4)5)14-9-10-16(18-12-14)15(7-2)17-8-3/h9-10,12-13,15,17H,6-8,11H2,1-5H3. The van der Waals surface area contributed by atoms with Crippen molar-refractivity contribution in [3.63, 3.8) is 0 Å². The van der Waals surface area contributed by atoms with Gasteiger partial charge in [0.15, 0.2) is 0 Å². The number of rotatable bonds is 8. The first-order valence-electron chi connectivity index (χ1n) is 7.59. The summed E-state index contributed by atoms with van der Waals surface area (Å²) in [6.45, 7) is 13.1. The van der Waals surface area contributed by atoms with E-state index in [1.807, 2.05) is 6.20 Å². The second kappa shape index (κ2) is 8.16. The molecule has 1 unspecified atom stereocenters. The summed E-state index contributed by atoms with van der Waals surface area (Å²) in [6.07, 6.45) is 4.25. The van der Waals surface area contributed by atoms with Gasteiger partial charge in [0.05, 0.1) is 17.6 Å². The molecular formula is C16H29N3. The molecule has 3 nitrogen and oxygen atoms in total. The van der Waals surface area contributed by atoms with Gasteiger partial charge >= 0.3 is 0 Å². The maximum Gasteiger partial charge on any atom is 0.0574 e. The fourth-order valence-electron chi connectivity index (χ4n) is 2.40. The number of nitrogens with one attached hydrogen (secondary N) is 1. The van der Waals surface area contributed by atoms with Crippen molar-refractivity contribution in [3.05, 3.63) is 24.0 Å². The van der Waals surface area contributed by atoms with Crippen LogP contribution in [0.15, 0.2) is 18.3 Å². The molecule has 0 aliphatic carbocycles. The number of hydrogen-bond acceptors (Lipinski definition) is 3. The minimum Gasteiger partial charge on any atom is -0.368 e. The van der Waals surface area contributed by atoms with Gasteiger partial charge in [0, 0.05) is 18.6 Å². The smallest absolute Gasteiger partial charge is 0.0574 e. The predicted octanol–water partition coefficient (Wildman–Crippen LogP) is 3.77. The van der Waals surface area contributed by atoms with Crippen LogP contribution in [0.25, 0.3) is 0 Å². The van der Waals surface area contributed by atoms with E-state index in [1.165, 1.54) is 5.69 Å². The van der Waals surface area contributed by atoms with Crippen molar-refractivity contribution in [3.8, 4) is 0 Å². The molecule has 1 heterocycles. The van der Waals surface area contributed by atoms with Crippen molar-refractivity contribution in [1.29, 1.82) is 0 Å². The van der Waals surface area contributed by atoms with E-state index in [-0.39, 0.29) is 0 Å². The lowest BCUT2D eigenvalue weighted by Crippen LogP contribution is -2.31. The molecule has 0 aliphatic heterocycles. The van der Waals surface area contributed by atoms with Crippen molar-refractivity contribution < 1.29 is 0 Å². The second-order valence-electron chi connectivity index (χ2n) is 5.25. The van der Waals surface area contributed by atoms with Crippen LogP contribution in [-0.2, 0) is 0 Å². The second-order valence-corrected chi connectivity index (χ2v) is 5.25. The molecule has 0 aliphatic rings. The molecular weight excluding hydrogens is 234 g/mol. The van der Waals surface area contributed by atoms with E-state index < -0.39 is 0 Å². The summed E-state index contributed by atoms with van der Waals surface area (Å²) in [5.74, 6) is 0. The Hall–Kier alpha value is -1.09. The predicted molar refractivity (Wildman–Crippen MR) is 83.7 cm³/mol. The molecule has 108 valence electrons. The molecule has 0 spiro atoms. The molecule has 0 bridgehead atoms. The van der Waals surface area contributed by atoms with E-state index in [4.69, 9.17) is 0 Å². The Bertz CT molecular complexity index is 346. The van der Waals surface area contributed by atoms with Gasteiger partial charge in [0.25, 0.3) is 0 Å². The van der Waals surface area contributed by atoms with Gasteiger partial charge in [-0.2, -0.15) is 0 Å². The summed E-state index contributed by atoms with van der Waals surface area (Å²) >= 11 is 0. The average Bonchev–Trinajstić information content (AvgIpc) is 2.42. The number of pyridine rings is 1. The summed E-state index contributed by atoms with van der Waals surface area (Å²) < 4.78 is 0. The van der Waals surface area contributed by atoms with Gasteiger partial charge in [0.1, 0.15) is 0 Å². The van der Waals surface area contributed by atoms with E-state index in [0.29, 0.717) is 12.1 Å². The van der Waals surface area contributed by atoms with Crippen LogP contribution in [0.4, 0.5) is 5.69 Å². The van der Waals surface area contributed by atoms with Gasteiger partial charge in [-0.05, 0) is 45.4 Å². The lowest BCUT2D eigenvalue weighted by Gasteiger charge is -2.28. The highest BCUT2D eigenvalue weighted by Crippen LogP contribution is 2.20. The van der Waals surface area contributed by atoms with Crippen molar-refractivity contribution in [2.75, 3.05) is 18.0 Å². The number of nitrogens with zero attached hydrogens (tertiary/aromatic N) is 2. The molecule has 0 radical (unpaired) electrons. The summed E-state index contributed by atoms with van der Waals surface area (Å²) in [6, 6.07) is 5.26. The molecule has 19 heavy (non-hydrogen) atoms. The van der Waals surface area contributed by atoms with E-state index in [0.717, 1.165) is 31.6 Å². The Morgan fingerprint density at radius 1 is 1.21 bits per heavy atom. The van der Waals surface area contributed by atoms with Crippen molar-refractivity contribution in [1.82, 2.24) is 10.3 Å². The van der Waals surface area contributed by atoms with E-state index in [1.54, 1.807) is 0 Å². The minimum absolute atomic E-state index is 0.373. The lowest BCUT2D eigenvalue weighted by molar-refractivity contribution is 0.524. The van der Waals surface area contributed by atoms with Crippen LogP contribution in [0.2, 0.25) is 0 Å². The van der Waals surface area contributed by atoms with Crippen molar-refractivity contribution >= 4 is 5.69 Å². The molecule has 0 amide bonds. The number of anilines is 1. The van der Waals surface area contributed by atoms with Crippen LogP contribution >= 0.6 is 0 Å². The highest BCUT2D eigenvalue weighted by Gasteiger charge is 2.12. The third-order valence-corrected chi connectivity index (χ3v) is 3.41. The molecule has 0 fully saturated rings. The Balaban J connectivity index is 2.84.